The number of nitrogens with zero attached hydrogens (tertiary/aromatic N) is 3. The van der Waals surface area contributed by atoms with Gasteiger partial charge in [0.15, 0.2) is 0 Å². The van der Waals surface area contributed by atoms with Gasteiger partial charge >= 0.3 is 12.0 Å². The number of likely N-dealkylation sites (N-methyl/N-ethyl adjacent to an activating group) is 1. The van der Waals surface area contributed by atoms with Crippen LogP contribution in [-0.2, 0) is 11.3 Å². The minimum atomic E-state index is -0.484. The van der Waals surface area contributed by atoms with E-state index >= 15 is 0 Å². The highest BCUT2D eigenvalue weighted by atomic mass is 35.5. The van der Waals surface area contributed by atoms with Gasteiger partial charge in [-0.2, -0.15) is 4.99 Å². The fourth-order valence-electron chi connectivity index (χ4n) is 4.05. The average Bonchev–Trinajstić information content (AvgIpc) is 3.26. The van der Waals surface area contributed by atoms with Crippen molar-refractivity contribution >= 4 is 40.8 Å². The SMILES string of the molecule is CCN(CC)CCOC(=O)c1ccc(N2Cc3ccccc3C2=NC(=O)Nc2ccc(Cl)cc2)cc1. The summed E-state index contributed by atoms with van der Waals surface area (Å²) >= 11 is 5.93. The number of benzene rings is 3. The van der Waals surface area contributed by atoms with Gasteiger partial charge in [0.25, 0.3) is 0 Å². The van der Waals surface area contributed by atoms with E-state index in [-0.39, 0.29) is 5.97 Å². The number of halogens is 1. The number of amidine groups is 1. The molecule has 0 aromatic heterocycles. The zero-order valence-corrected chi connectivity index (χ0v) is 21.2. The van der Waals surface area contributed by atoms with Crippen LogP contribution in [0.4, 0.5) is 16.2 Å². The van der Waals surface area contributed by atoms with Gasteiger partial charge in [0.2, 0.25) is 0 Å². The predicted molar refractivity (Wildman–Crippen MR) is 144 cm³/mol. The van der Waals surface area contributed by atoms with E-state index in [9.17, 15) is 9.59 Å². The largest absolute Gasteiger partial charge is 0.461 e. The summed E-state index contributed by atoms with van der Waals surface area (Å²) in [7, 11) is 0. The number of carbonyl (C=O) groups excluding carboxylic acids is 2. The quantitative estimate of drug-likeness (QED) is 0.390. The molecule has 186 valence electrons. The number of nitrogens with one attached hydrogen (secondary N) is 1. The smallest absolute Gasteiger partial charge is 0.347 e. The number of anilines is 2. The van der Waals surface area contributed by atoms with Gasteiger partial charge < -0.3 is 19.9 Å². The Bertz CT molecular complexity index is 1240. The number of aliphatic imine (C=N–C) groups is 1. The van der Waals surface area contributed by atoms with E-state index in [1.807, 2.05) is 41.3 Å². The third-order valence-corrected chi connectivity index (χ3v) is 6.35. The van der Waals surface area contributed by atoms with Gasteiger partial charge in [-0.1, -0.05) is 49.7 Å². The molecule has 0 unspecified atom stereocenters. The molecule has 0 saturated carbocycles. The van der Waals surface area contributed by atoms with Crippen molar-refractivity contribution in [1.82, 2.24) is 4.90 Å². The molecule has 7 nitrogen and oxygen atoms in total. The number of amides is 2. The highest BCUT2D eigenvalue weighted by Crippen LogP contribution is 2.29. The van der Waals surface area contributed by atoms with Crippen LogP contribution in [0.3, 0.4) is 0 Å². The molecular weight excluding hydrogens is 476 g/mol. The van der Waals surface area contributed by atoms with Crippen molar-refractivity contribution in [3.8, 4) is 0 Å². The normalized spacial score (nSPS) is 13.7. The van der Waals surface area contributed by atoms with Crippen molar-refractivity contribution in [3.05, 3.63) is 94.5 Å². The standard InChI is InChI=1S/C28H29ClN4O3/c1-3-32(4-2)17-18-36-27(34)20-9-15-24(16-10-20)33-19-21-7-5-6-8-25(21)26(33)31-28(35)30-23-13-11-22(29)12-14-23/h5-16H,3-4,17-19H2,1-2H3,(H,30,35). The highest BCUT2D eigenvalue weighted by molar-refractivity contribution is 6.30. The first-order chi connectivity index (χ1) is 17.5. The topological polar surface area (TPSA) is 74.2 Å². The first-order valence-electron chi connectivity index (χ1n) is 12.0. The van der Waals surface area contributed by atoms with Crippen LogP contribution < -0.4 is 10.2 Å². The number of esters is 1. The van der Waals surface area contributed by atoms with Crippen molar-refractivity contribution in [2.45, 2.75) is 20.4 Å². The molecule has 3 aromatic rings. The molecule has 0 saturated heterocycles. The minimum Gasteiger partial charge on any atom is -0.461 e. The first-order valence-corrected chi connectivity index (χ1v) is 12.4. The predicted octanol–water partition coefficient (Wildman–Crippen LogP) is 5.84. The molecule has 4 rings (SSSR count). The van der Waals surface area contributed by atoms with E-state index in [1.54, 1.807) is 36.4 Å². The third-order valence-electron chi connectivity index (χ3n) is 6.10. The molecule has 0 aliphatic carbocycles. The van der Waals surface area contributed by atoms with Crippen LogP contribution in [0.25, 0.3) is 0 Å². The maximum absolute atomic E-state index is 12.8. The Balaban J connectivity index is 1.49. The number of hydrogen-bond acceptors (Lipinski definition) is 4. The van der Waals surface area contributed by atoms with E-state index in [0.29, 0.717) is 41.8 Å². The second kappa shape index (κ2) is 11.8. The molecule has 1 aliphatic rings. The Hall–Kier alpha value is -3.68. The van der Waals surface area contributed by atoms with Crippen LogP contribution in [0.1, 0.15) is 35.3 Å². The maximum Gasteiger partial charge on any atom is 0.347 e. The van der Waals surface area contributed by atoms with Gasteiger partial charge in [-0.15, -0.1) is 0 Å². The Kier molecular flexibility index (Phi) is 8.36. The molecule has 1 N–H and O–H groups in total. The fraction of sp³-hybridized carbons (Fsp3) is 0.250. The summed E-state index contributed by atoms with van der Waals surface area (Å²) in [6, 6.07) is 21.4. The van der Waals surface area contributed by atoms with Crippen molar-refractivity contribution < 1.29 is 14.3 Å². The van der Waals surface area contributed by atoms with Crippen LogP contribution in [0.5, 0.6) is 0 Å². The second-order valence-electron chi connectivity index (χ2n) is 8.33. The number of fused-ring (bicyclic) bond motifs is 1. The Labute approximate surface area is 216 Å². The monoisotopic (exact) mass is 504 g/mol. The molecule has 0 bridgehead atoms. The van der Waals surface area contributed by atoms with E-state index in [4.69, 9.17) is 16.3 Å². The van der Waals surface area contributed by atoms with Gasteiger partial charge in [-0.25, -0.2) is 9.59 Å². The lowest BCUT2D eigenvalue weighted by molar-refractivity contribution is 0.0466. The van der Waals surface area contributed by atoms with E-state index < -0.39 is 6.03 Å². The van der Waals surface area contributed by atoms with Crippen molar-refractivity contribution in [1.29, 1.82) is 0 Å². The molecule has 0 spiro atoms. The molecular formula is C28H29ClN4O3. The average molecular weight is 505 g/mol. The van der Waals surface area contributed by atoms with Crippen molar-refractivity contribution in [3.63, 3.8) is 0 Å². The summed E-state index contributed by atoms with van der Waals surface area (Å²) in [4.78, 5) is 33.8. The summed E-state index contributed by atoms with van der Waals surface area (Å²) < 4.78 is 5.44. The zero-order valence-electron chi connectivity index (χ0n) is 20.4. The first kappa shape index (κ1) is 25.4. The van der Waals surface area contributed by atoms with Gasteiger partial charge in [0, 0.05) is 28.5 Å². The minimum absolute atomic E-state index is 0.350. The number of hydrogen-bond donors (Lipinski definition) is 1. The van der Waals surface area contributed by atoms with Gasteiger partial charge in [0.1, 0.15) is 12.4 Å². The molecule has 3 aromatic carbocycles. The lowest BCUT2D eigenvalue weighted by Crippen LogP contribution is -2.28. The molecule has 0 fully saturated rings. The lowest BCUT2D eigenvalue weighted by Gasteiger charge is -2.20. The van der Waals surface area contributed by atoms with E-state index in [1.165, 1.54) is 0 Å². The van der Waals surface area contributed by atoms with Gasteiger partial charge in [-0.3, -0.25) is 0 Å². The lowest BCUT2D eigenvalue weighted by atomic mass is 10.1. The number of carbonyl (C=O) groups is 2. The van der Waals surface area contributed by atoms with Crippen LogP contribution in [0.2, 0.25) is 5.02 Å². The Morgan fingerprint density at radius 2 is 1.69 bits per heavy atom. The van der Waals surface area contributed by atoms with Crippen molar-refractivity contribution in [2.75, 3.05) is 36.5 Å². The summed E-state index contributed by atoms with van der Waals surface area (Å²) in [6.45, 7) is 7.63. The van der Waals surface area contributed by atoms with Crippen LogP contribution in [-0.4, -0.2) is 49.0 Å². The Morgan fingerprint density at radius 1 is 1.00 bits per heavy atom. The molecule has 2 amide bonds. The summed E-state index contributed by atoms with van der Waals surface area (Å²) in [6.07, 6.45) is 0. The molecule has 0 atom stereocenters. The number of urea groups is 1. The highest BCUT2D eigenvalue weighted by Gasteiger charge is 2.27. The molecule has 1 aliphatic heterocycles. The number of rotatable bonds is 8. The number of ether oxygens (including phenoxy) is 1. The van der Waals surface area contributed by atoms with Gasteiger partial charge in [-0.05, 0) is 67.2 Å². The zero-order chi connectivity index (χ0) is 25.5. The van der Waals surface area contributed by atoms with E-state index in [2.05, 4.69) is 29.1 Å². The summed E-state index contributed by atoms with van der Waals surface area (Å²) in [5.74, 6) is 0.196. The Morgan fingerprint density at radius 3 is 2.39 bits per heavy atom. The molecule has 36 heavy (non-hydrogen) atoms. The summed E-state index contributed by atoms with van der Waals surface area (Å²) in [5, 5.41) is 3.37. The van der Waals surface area contributed by atoms with E-state index in [0.717, 1.165) is 29.9 Å². The second-order valence-corrected chi connectivity index (χ2v) is 8.76. The van der Waals surface area contributed by atoms with Crippen LogP contribution in [0, 0.1) is 0 Å². The molecule has 8 heteroatoms. The third kappa shape index (κ3) is 6.11. The van der Waals surface area contributed by atoms with Crippen LogP contribution >= 0.6 is 11.6 Å². The van der Waals surface area contributed by atoms with Crippen LogP contribution in [0.15, 0.2) is 77.8 Å². The maximum atomic E-state index is 12.8. The van der Waals surface area contributed by atoms with Crippen molar-refractivity contribution in [2.24, 2.45) is 4.99 Å². The fourth-order valence-corrected chi connectivity index (χ4v) is 4.18. The molecule has 0 radical (unpaired) electrons. The molecule has 1 heterocycles. The summed E-state index contributed by atoms with van der Waals surface area (Å²) in [5.41, 5.74) is 3.87. The van der Waals surface area contributed by atoms with Gasteiger partial charge in [0.05, 0.1) is 12.1 Å².